The van der Waals surface area contributed by atoms with Gasteiger partial charge in [0.15, 0.2) is 0 Å². The van der Waals surface area contributed by atoms with Crippen LogP contribution in [-0.2, 0) is 11.3 Å². The van der Waals surface area contributed by atoms with Crippen LogP contribution in [0.4, 0.5) is 5.69 Å². The van der Waals surface area contributed by atoms with Crippen molar-refractivity contribution in [2.24, 2.45) is 0 Å². The van der Waals surface area contributed by atoms with E-state index in [1.165, 1.54) is 5.56 Å². The van der Waals surface area contributed by atoms with E-state index >= 15 is 0 Å². The number of aryl methyl sites for hydroxylation is 1. The Hall–Kier alpha value is -2.88. The number of hydrogen-bond acceptors (Lipinski definition) is 5. The minimum absolute atomic E-state index is 0.0190. The molecule has 1 heterocycles. The molecular weight excluding hydrogens is 364 g/mol. The van der Waals surface area contributed by atoms with Gasteiger partial charge in [-0.15, -0.1) is 0 Å². The summed E-state index contributed by atoms with van der Waals surface area (Å²) >= 11 is 0. The van der Waals surface area contributed by atoms with Crippen LogP contribution < -0.4 is 10.1 Å². The van der Waals surface area contributed by atoms with E-state index in [1.807, 2.05) is 49.4 Å². The number of methoxy groups -OCH3 is 1. The molecule has 1 fully saturated rings. The summed E-state index contributed by atoms with van der Waals surface area (Å²) < 4.78 is 5.34. The van der Waals surface area contributed by atoms with Crippen molar-refractivity contribution in [3.63, 3.8) is 0 Å². The Morgan fingerprint density at radius 2 is 1.83 bits per heavy atom. The van der Waals surface area contributed by atoms with Gasteiger partial charge >= 0.3 is 0 Å². The summed E-state index contributed by atoms with van der Waals surface area (Å²) in [7, 11) is 1.61. The molecule has 1 saturated heterocycles. The zero-order valence-electron chi connectivity index (χ0n) is 17.1. The van der Waals surface area contributed by atoms with E-state index < -0.39 is 0 Å². The van der Waals surface area contributed by atoms with Crippen LogP contribution in [0.3, 0.4) is 0 Å². The van der Waals surface area contributed by atoms with Gasteiger partial charge in [0.2, 0.25) is 5.91 Å². The zero-order valence-corrected chi connectivity index (χ0v) is 17.1. The average molecular weight is 393 g/mol. The molecule has 0 radical (unpaired) electrons. The zero-order chi connectivity index (χ0) is 20.6. The van der Waals surface area contributed by atoms with E-state index in [1.54, 1.807) is 7.11 Å². The molecule has 0 unspecified atom stereocenters. The highest BCUT2D eigenvalue weighted by molar-refractivity contribution is 5.93. The number of carbonyl (C=O) groups excluding carboxylic acids is 1. The van der Waals surface area contributed by atoms with Crippen molar-refractivity contribution in [1.29, 1.82) is 5.26 Å². The number of anilines is 1. The second-order valence-corrected chi connectivity index (χ2v) is 7.47. The molecule has 6 heteroatoms. The smallest absolute Gasteiger partial charge is 0.238 e. The predicted molar refractivity (Wildman–Crippen MR) is 114 cm³/mol. The maximum Gasteiger partial charge on any atom is 0.238 e. The number of nitrogens with zero attached hydrogens (tertiary/aromatic N) is 3. The van der Waals surface area contributed by atoms with Gasteiger partial charge in [0.25, 0.3) is 0 Å². The summed E-state index contributed by atoms with van der Waals surface area (Å²) in [4.78, 5) is 17.2. The third-order valence-electron chi connectivity index (χ3n) is 5.17. The number of benzene rings is 2. The van der Waals surface area contributed by atoms with Gasteiger partial charge in [-0.05, 0) is 61.8 Å². The molecule has 2 aromatic rings. The van der Waals surface area contributed by atoms with Crippen molar-refractivity contribution in [2.75, 3.05) is 45.2 Å². The first-order chi connectivity index (χ1) is 14.1. The Bertz CT molecular complexity index is 873. The van der Waals surface area contributed by atoms with Gasteiger partial charge in [-0.25, -0.2) is 0 Å². The van der Waals surface area contributed by atoms with Crippen LogP contribution in [0.15, 0.2) is 42.5 Å². The Kier molecular flexibility index (Phi) is 7.23. The quantitative estimate of drug-likeness (QED) is 0.818. The first-order valence-electron chi connectivity index (χ1n) is 9.95. The van der Waals surface area contributed by atoms with E-state index in [0.717, 1.165) is 50.4 Å². The number of amides is 1. The highest BCUT2D eigenvalue weighted by atomic mass is 16.5. The lowest BCUT2D eigenvalue weighted by Crippen LogP contribution is -2.36. The number of ether oxygens (including phenoxy) is 1. The van der Waals surface area contributed by atoms with Gasteiger partial charge in [0.1, 0.15) is 5.75 Å². The highest BCUT2D eigenvalue weighted by Gasteiger charge is 2.18. The molecule has 0 aromatic heterocycles. The minimum Gasteiger partial charge on any atom is -0.495 e. The minimum atomic E-state index is -0.0190. The highest BCUT2D eigenvalue weighted by Crippen LogP contribution is 2.25. The maximum atomic E-state index is 12.6. The second-order valence-electron chi connectivity index (χ2n) is 7.47. The molecule has 0 saturated carbocycles. The van der Waals surface area contributed by atoms with Crippen LogP contribution in [0.2, 0.25) is 0 Å². The summed E-state index contributed by atoms with van der Waals surface area (Å²) in [6, 6.07) is 15.7. The Morgan fingerprint density at radius 1 is 1.10 bits per heavy atom. The lowest BCUT2D eigenvalue weighted by molar-refractivity contribution is -0.117. The summed E-state index contributed by atoms with van der Waals surface area (Å²) in [5.41, 5.74) is 3.69. The molecule has 3 rings (SSSR count). The molecule has 1 N–H and O–H groups in total. The molecule has 1 aliphatic heterocycles. The Labute approximate surface area is 172 Å². The van der Waals surface area contributed by atoms with E-state index in [0.29, 0.717) is 17.9 Å². The molecule has 152 valence electrons. The van der Waals surface area contributed by atoms with Crippen LogP contribution in [0.5, 0.6) is 5.75 Å². The summed E-state index contributed by atoms with van der Waals surface area (Å²) in [5.74, 6) is 0.655. The maximum absolute atomic E-state index is 12.6. The fourth-order valence-corrected chi connectivity index (χ4v) is 3.60. The van der Waals surface area contributed by atoms with Crippen LogP contribution in [0.1, 0.15) is 23.1 Å². The third-order valence-corrected chi connectivity index (χ3v) is 5.17. The molecule has 0 atom stereocenters. The molecule has 29 heavy (non-hydrogen) atoms. The SMILES string of the molecule is COc1ccc(C)cc1NC(=O)CN1CCCN(Cc2ccc(C#N)cc2)CC1. The molecule has 0 spiro atoms. The van der Waals surface area contributed by atoms with Gasteiger partial charge in [-0.1, -0.05) is 18.2 Å². The fraction of sp³-hybridized carbons (Fsp3) is 0.391. The third kappa shape index (κ3) is 6.05. The first kappa shape index (κ1) is 20.8. The molecular formula is C23H28N4O2. The molecule has 6 nitrogen and oxygen atoms in total. The lowest BCUT2D eigenvalue weighted by Gasteiger charge is -2.22. The molecule has 1 aliphatic rings. The first-order valence-corrected chi connectivity index (χ1v) is 9.95. The van der Waals surface area contributed by atoms with Crippen LogP contribution in [-0.4, -0.2) is 55.5 Å². The van der Waals surface area contributed by atoms with Gasteiger partial charge in [0, 0.05) is 19.6 Å². The number of hydrogen-bond donors (Lipinski definition) is 1. The van der Waals surface area contributed by atoms with Crippen molar-refractivity contribution in [2.45, 2.75) is 19.9 Å². The fourth-order valence-electron chi connectivity index (χ4n) is 3.60. The number of carbonyl (C=O) groups is 1. The van der Waals surface area contributed by atoms with Crippen molar-refractivity contribution in [3.05, 3.63) is 59.2 Å². The molecule has 0 bridgehead atoms. The Morgan fingerprint density at radius 3 is 2.55 bits per heavy atom. The number of nitrogens with one attached hydrogen (secondary N) is 1. The summed E-state index contributed by atoms with van der Waals surface area (Å²) in [6.07, 6.45) is 1.03. The molecule has 0 aliphatic carbocycles. The van der Waals surface area contributed by atoms with E-state index in [2.05, 4.69) is 21.2 Å². The molecule has 1 amide bonds. The van der Waals surface area contributed by atoms with Crippen LogP contribution in [0.25, 0.3) is 0 Å². The van der Waals surface area contributed by atoms with Gasteiger partial charge in [-0.2, -0.15) is 5.26 Å². The summed E-state index contributed by atoms with van der Waals surface area (Å²) in [5, 5.41) is 11.9. The van der Waals surface area contributed by atoms with Crippen molar-refractivity contribution in [3.8, 4) is 11.8 Å². The monoisotopic (exact) mass is 392 g/mol. The predicted octanol–water partition coefficient (Wildman–Crippen LogP) is 3.02. The van der Waals surface area contributed by atoms with E-state index in [-0.39, 0.29) is 5.91 Å². The van der Waals surface area contributed by atoms with Crippen LogP contribution >= 0.6 is 0 Å². The van der Waals surface area contributed by atoms with Gasteiger partial charge < -0.3 is 10.1 Å². The van der Waals surface area contributed by atoms with E-state index in [9.17, 15) is 4.79 Å². The Balaban J connectivity index is 1.51. The molecule has 2 aromatic carbocycles. The van der Waals surface area contributed by atoms with Crippen molar-refractivity contribution >= 4 is 11.6 Å². The number of rotatable bonds is 6. The average Bonchev–Trinajstić information content (AvgIpc) is 2.94. The normalized spacial score (nSPS) is 15.3. The largest absolute Gasteiger partial charge is 0.495 e. The van der Waals surface area contributed by atoms with Crippen molar-refractivity contribution < 1.29 is 9.53 Å². The summed E-state index contributed by atoms with van der Waals surface area (Å²) in [6.45, 7) is 6.92. The van der Waals surface area contributed by atoms with Crippen molar-refractivity contribution in [1.82, 2.24) is 9.80 Å². The number of nitriles is 1. The topological polar surface area (TPSA) is 68.6 Å². The van der Waals surface area contributed by atoms with Crippen LogP contribution in [0, 0.1) is 18.3 Å². The lowest BCUT2D eigenvalue weighted by atomic mass is 10.1. The van der Waals surface area contributed by atoms with Gasteiger partial charge in [0.05, 0.1) is 31.0 Å². The van der Waals surface area contributed by atoms with E-state index in [4.69, 9.17) is 10.00 Å². The second kappa shape index (κ2) is 10.1. The standard InChI is InChI=1S/C23H28N4O2/c1-18-4-9-22(29-2)21(14-18)25-23(28)17-27-11-3-10-26(12-13-27)16-20-7-5-19(15-24)6-8-20/h4-9,14H,3,10-13,16-17H2,1-2H3,(H,25,28). The van der Waals surface area contributed by atoms with Gasteiger partial charge in [-0.3, -0.25) is 14.6 Å².